The van der Waals surface area contributed by atoms with E-state index < -0.39 is 28.4 Å². The molecule has 0 amide bonds. The van der Waals surface area contributed by atoms with Crippen molar-refractivity contribution in [1.82, 2.24) is 0 Å². The molecule has 0 saturated heterocycles. The lowest BCUT2D eigenvalue weighted by Gasteiger charge is -2.22. The summed E-state index contributed by atoms with van der Waals surface area (Å²) in [6.45, 7) is 0. The van der Waals surface area contributed by atoms with Gasteiger partial charge in [-0.3, -0.25) is 10.1 Å². The van der Waals surface area contributed by atoms with Crippen molar-refractivity contribution in [2.45, 2.75) is 11.8 Å². The first-order valence-electron chi connectivity index (χ1n) is 3.77. The fourth-order valence-electron chi connectivity index (χ4n) is 0.994. The molecule has 0 N–H and O–H groups in total. The lowest BCUT2D eigenvalue weighted by atomic mass is 9.94. The SMILES string of the molecule is O=[N+]([O-])/C=C/C1(F)C=C(F)C(F)=CC1F. The molecule has 2 unspecified atom stereocenters. The molecule has 1 aliphatic carbocycles. The van der Waals surface area contributed by atoms with Gasteiger partial charge in [0.1, 0.15) is 0 Å². The van der Waals surface area contributed by atoms with Gasteiger partial charge >= 0.3 is 0 Å². The van der Waals surface area contributed by atoms with Crippen molar-refractivity contribution in [2.24, 2.45) is 0 Å². The van der Waals surface area contributed by atoms with Gasteiger partial charge in [0.25, 0.3) is 0 Å². The van der Waals surface area contributed by atoms with Crippen LogP contribution >= 0.6 is 0 Å². The molecule has 1 rings (SSSR count). The summed E-state index contributed by atoms with van der Waals surface area (Å²) in [5.41, 5.74) is -3.02. The minimum atomic E-state index is -3.02. The summed E-state index contributed by atoms with van der Waals surface area (Å²) in [5, 5.41) is 9.86. The molecule has 0 fully saturated rings. The van der Waals surface area contributed by atoms with E-state index in [-0.39, 0.29) is 24.4 Å². The Bertz CT molecular complexity index is 377. The molecule has 1 aliphatic rings. The van der Waals surface area contributed by atoms with Gasteiger partial charge < -0.3 is 0 Å². The van der Waals surface area contributed by atoms with Gasteiger partial charge in [-0.1, -0.05) is 0 Å². The summed E-state index contributed by atoms with van der Waals surface area (Å²) in [5.74, 6) is -3.11. The Hall–Kier alpha value is -1.66. The second-order valence-electron chi connectivity index (χ2n) is 2.84. The fraction of sp³-hybridized carbons (Fsp3) is 0.250. The van der Waals surface area contributed by atoms with Crippen molar-refractivity contribution >= 4 is 0 Å². The molecule has 0 saturated carbocycles. The molecule has 0 bridgehead atoms. The Balaban J connectivity index is 3.01. The molecule has 2 atom stereocenters. The van der Waals surface area contributed by atoms with E-state index in [9.17, 15) is 27.7 Å². The van der Waals surface area contributed by atoms with Crippen LogP contribution in [0.1, 0.15) is 0 Å². The third-order valence-electron chi connectivity index (χ3n) is 1.74. The van der Waals surface area contributed by atoms with Crippen molar-refractivity contribution in [2.75, 3.05) is 0 Å². The van der Waals surface area contributed by atoms with Crippen molar-refractivity contribution in [3.63, 3.8) is 0 Å². The van der Waals surface area contributed by atoms with Gasteiger partial charge in [0.15, 0.2) is 23.5 Å². The lowest BCUT2D eigenvalue weighted by Crippen LogP contribution is -2.32. The first-order chi connectivity index (χ1) is 6.85. The summed E-state index contributed by atoms with van der Waals surface area (Å²) < 4.78 is 51.4. The van der Waals surface area contributed by atoms with Crippen LogP contribution in [0, 0.1) is 10.1 Å². The first-order valence-corrected chi connectivity index (χ1v) is 3.77. The predicted molar refractivity (Wildman–Crippen MR) is 43.3 cm³/mol. The van der Waals surface area contributed by atoms with Gasteiger partial charge in [0.2, 0.25) is 6.20 Å². The van der Waals surface area contributed by atoms with Crippen LogP contribution < -0.4 is 0 Å². The summed E-state index contributed by atoms with van der Waals surface area (Å²) in [7, 11) is 0. The van der Waals surface area contributed by atoms with E-state index in [1.54, 1.807) is 0 Å². The second-order valence-corrected chi connectivity index (χ2v) is 2.84. The van der Waals surface area contributed by atoms with Crippen LogP contribution in [0.15, 0.2) is 36.1 Å². The van der Waals surface area contributed by atoms with Crippen LogP contribution in [-0.4, -0.2) is 16.8 Å². The molecule has 3 nitrogen and oxygen atoms in total. The van der Waals surface area contributed by atoms with E-state index in [0.29, 0.717) is 0 Å². The molecule has 0 spiro atoms. The minimum absolute atomic E-state index is 0.0208. The van der Waals surface area contributed by atoms with Gasteiger partial charge in [0.05, 0.1) is 4.92 Å². The van der Waals surface area contributed by atoms with Crippen molar-refractivity contribution in [3.05, 3.63) is 46.2 Å². The average molecular weight is 223 g/mol. The van der Waals surface area contributed by atoms with E-state index in [1.807, 2.05) is 0 Å². The highest BCUT2D eigenvalue weighted by molar-refractivity contribution is 5.35. The molecule has 0 aliphatic heterocycles. The number of hydrogen-bond acceptors (Lipinski definition) is 2. The zero-order valence-corrected chi connectivity index (χ0v) is 7.16. The van der Waals surface area contributed by atoms with Crippen LogP contribution in [0.3, 0.4) is 0 Å². The number of hydrogen-bond donors (Lipinski definition) is 0. The number of rotatable bonds is 2. The fourth-order valence-corrected chi connectivity index (χ4v) is 0.994. The molecule has 82 valence electrons. The van der Waals surface area contributed by atoms with E-state index >= 15 is 0 Å². The minimum Gasteiger partial charge on any atom is -0.259 e. The maximum atomic E-state index is 13.5. The van der Waals surface area contributed by atoms with Gasteiger partial charge in [-0.05, 0) is 12.2 Å². The monoisotopic (exact) mass is 223 g/mol. The highest BCUT2D eigenvalue weighted by atomic mass is 19.2. The highest BCUT2D eigenvalue weighted by Gasteiger charge is 2.40. The Kier molecular flexibility index (Phi) is 2.92. The third kappa shape index (κ3) is 2.42. The molecular weight excluding hydrogens is 218 g/mol. The van der Waals surface area contributed by atoms with Crippen molar-refractivity contribution in [3.8, 4) is 0 Å². The summed E-state index contributed by atoms with van der Waals surface area (Å²) in [6, 6.07) is 0. The van der Waals surface area contributed by atoms with Gasteiger partial charge in [-0.2, -0.15) is 0 Å². The number of halogens is 4. The first kappa shape index (κ1) is 11.4. The Morgan fingerprint density at radius 2 is 2.07 bits per heavy atom. The van der Waals surface area contributed by atoms with Crippen LogP contribution in [-0.2, 0) is 0 Å². The van der Waals surface area contributed by atoms with Crippen LogP contribution in [0.4, 0.5) is 17.6 Å². The lowest BCUT2D eigenvalue weighted by molar-refractivity contribution is -0.403. The second kappa shape index (κ2) is 3.84. The Morgan fingerprint density at radius 1 is 1.47 bits per heavy atom. The molecular formula is C8H5F4NO2. The number of allylic oxidation sites excluding steroid dienone is 5. The molecule has 0 radical (unpaired) electrons. The van der Waals surface area contributed by atoms with E-state index in [2.05, 4.69) is 0 Å². The Labute approximate surface area is 81.5 Å². The molecule has 0 aromatic carbocycles. The normalized spacial score (nSPS) is 31.3. The summed E-state index contributed by atoms with van der Waals surface area (Å²) in [6.07, 6.45) is -2.03. The smallest absolute Gasteiger partial charge is 0.234 e. The zero-order chi connectivity index (χ0) is 11.6. The number of nitro groups is 1. The zero-order valence-electron chi connectivity index (χ0n) is 7.16. The summed E-state index contributed by atoms with van der Waals surface area (Å²) >= 11 is 0. The van der Waals surface area contributed by atoms with Crippen molar-refractivity contribution < 1.29 is 22.5 Å². The largest absolute Gasteiger partial charge is 0.259 e. The van der Waals surface area contributed by atoms with Crippen LogP contribution in [0.5, 0.6) is 0 Å². The Morgan fingerprint density at radius 3 is 2.60 bits per heavy atom. The van der Waals surface area contributed by atoms with Gasteiger partial charge in [-0.25, -0.2) is 17.6 Å². The predicted octanol–water partition coefficient (Wildman–Crippen LogP) is 2.54. The van der Waals surface area contributed by atoms with Crippen LogP contribution in [0.25, 0.3) is 0 Å². The topological polar surface area (TPSA) is 43.1 Å². The standard InChI is InChI=1S/C8H5F4NO2/c9-5-3-7(11)8(12,4-6(5)10)1-2-13(14)15/h1-4,7H/b2-1+. The number of alkyl halides is 2. The van der Waals surface area contributed by atoms with E-state index in [4.69, 9.17) is 0 Å². The van der Waals surface area contributed by atoms with Crippen molar-refractivity contribution in [1.29, 1.82) is 0 Å². The third-order valence-corrected chi connectivity index (χ3v) is 1.74. The molecule has 15 heavy (non-hydrogen) atoms. The molecule has 0 aromatic heterocycles. The highest BCUT2D eigenvalue weighted by Crippen LogP contribution is 2.34. The van der Waals surface area contributed by atoms with Crippen LogP contribution in [0.2, 0.25) is 0 Å². The van der Waals surface area contributed by atoms with E-state index in [0.717, 1.165) is 0 Å². The maximum absolute atomic E-state index is 13.5. The molecule has 0 heterocycles. The molecule has 0 aromatic rings. The molecule has 7 heteroatoms. The quantitative estimate of drug-likeness (QED) is 0.410. The average Bonchev–Trinajstić information content (AvgIpc) is 2.12. The number of nitrogens with zero attached hydrogens (tertiary/aromatic N) is 1. The van der Waals surface area contributed by atoms with Gasteiger partial charge in [0, 0.05) is 6.08 Å². The summed E-state index contributed by atoms with van der Waals surface area (Å²) in [4.78, 5) is 8.83. The van der Waals surface area contributed by atoms with Gasteiger partial charge in [-0.15, -0.1) is 0 Å². The van der Waals surface area contributed by atoms with E-state index in [1.165, 1.54) is 0 Å². The maximum Gasteiger partial charge on any atom is 0.234 e.